The lowest BCUT2D eigenvalue weighted by Crippen LogP contribution is -2.34. The lowest BCUT2D eigenvalue weighted by atomic mass is 10.3. The lowest BCUT2D eigenvalue weighted by Gasteiger charge is -2.19. The third kappa shape index (κ3) is 3.42. The van der Waals surface area contributed by atoms with E-state index >= 15 is 0 Å². The third-order valence-electron chi connectivity index (χ3n) is 3.88. The highest BCUT2D eigenvalue weighted by Gasteiger charge is 2.14. The second kappa shape index (κ2) is 6.94. The topological polar surface area (TPSA) is 30.2 Å². The molecule has 22 heavy (non-hydrogen) atoms. The summed E-state index contributed by atoms with van der Waals surface area (Å²) >= 11 is 7.92. The van der Waals surface area contributed by atoms with Gasteiger partial charge >= 0.3 is 5.69 Å². The summed E-state index contributed by atoms with van der Waals surface area (Å²) in [5.41, 5.74) is 1.81. The fourth-order valence-electron chi connectivity index (χ4n) is 2.78. The summed E-state index contributed by atoms with van der Waals surface area (Å²) in [5, 5.41) is 0.677. The van der Waals surface area contributed by atoms with Crippen molar-refractivity contribution in [1.29, 1.82) is 0 Å². The number of aryl methyl sites for hydroxylation is 1. The van der Waals surface area contributed by atoms with Gasteiger partial charge in [0.05, 0.1) is 12.4 Å². The molecule has 3 rings (SSSR count). The van der Waals surface area contributed by atoms with Gasteiger partial charge in [-0.05, 0) is 43.4 Å². The molecule has 1 fully saturated rings. The molecular formula is C16H20ClN3OS. The van der Waals surface area contributed by atoms with E-state index in [9.17, 15) is 4.79 Å². The monoisotopic (exact) mass is 337 g/mol. The number of halogens is 1. The molecule has 1 saturated heterocycles. The van der Waals surface area contributed by atoms with Crippen LogP contribution in [0.3, 0.4) is 0 Å². The summed E-state index contributed by atoms with van der Waals surface area (Å²) in [4.78, 5) is 15.1. The molecule has 1 aromatic heterocycles. The number of hydrogen-bond donors (Lipinski definition) is 0. The Morgan fingerprint density at radius 2 is 1.95 bits per heavy atom. The molecule has 2 aromatic rings. The Morgan fingerprint density at radius 3 is 2.73 bits per heavy atom. The van der Waals surface area contributed by atoms with Gasteiger partial charge in [0, 0.05) is 35.8 Å². The summed E-state index contributed by atoms with van der Waals surface area (Å²) in [6, 6.07) is 7.38. The number of rotatable bonds is 3. The van der Waals surface area contributed by atoms with Crippen LogP contribution in [0.1, 0.15) is 12.1 Å². The molecular weight excluding hydrogens is 318 g/mol. The van der Waals surface area contributed by atoms with Crippen molar-refractivity contribution in [2.45, 2.75) is 20.0 Å². The van der Waals surface area contributed by atoms with Crippen molar-refractivity contribution >= 4 is 23.4 Å². The number of thioether (sulfide) groups is 1. The first-order valence-electron chi connectivity index (χ1n) is 7.50. The minimum Gasteiger partial charge on any atom is -0.285 e. The highest BCUT2D eigenvalue weighted by Crippen LogP contribution is 2.15. The molecule has 1 aliphatic heterocycles. The van der Waals surface area contributed by atoms with Crippen LogP contribution in [-0.4, -0.2) is 38.6 Å². The Kier molecular flexibility index (Phi) is 4.96. The molecule has 0 unspecified atom stereocenters. The number of nitrogens with zero attached hydrogens (tertiary/aromatic N) is 3. The summed E-state index contributed by atoms with van der Waals surface area (Å²) in [6.07, 6.45) is 3.13. The molecule has 0 aliphatic carbocycles. The Bertz CT molecular complexity index is 684. The molecule has 1 aromatic carbocycles. The summed E-state index contributed by atoms with van der Waals surface area (Å²) in [7, 11) is 0. The minimum atomic E-state index is 0.0109. The van der Waals surface area contributed by atoms with Crippen LogP contribution in [0.5, 0.6) is 0 Å². The van der Waals surface area contributed by atoms with Gasteiger partial charge in [-0.15, -0.1) is 0 Å². The van der Waals surface area contributed by atoms with Crippen molar-refractivity contribution in [1.82, 2.24) is 14.0 Å². The quantitative estimate of drug-likeness (QED) is 0.862. The fourth-order valence-corrected chi connectivity index (χ4v) is 3.83. The first-order chi connectivity index (χ1) is 10.6. The average Bonchev–Trinajstić information content (AvgIpc) is 2.70. The average molecular weight is 338 g/mol. The van der Waals surface area contributed by atoms with E-state index in [1.807, 2.05) is 49.1 Å². The number of hydrogen-bond acceptors (Lipinski definition) is 3. The molecule has 0 N–H and O–H groups in total. The second-order valence-electron chi connectivity index (χ2n) is 5.56. The van der Waals surface area contributed by atoms with Gasteiger partial charge in [0.15, 0.2) is 0 Å². The van der Waals surface area contributed by atoms with Crippen molar-refractivity contribution in [2.75, 3.05) is 24.6 Å². The number of imidazole rings is 1. The molecule has 0 atom stereocenters. The van der Waals surface area contributed by atoms with Crippen molar-refractivity contribution in [2.24, 2.45) is 0 Å². The summed E-state index contributed by atoms with van der Waals surface area (Å²) in [5.74, 6) is 2.36. The van der Waals surface area contributed by atoms with Gasteiger partial charge in [-0.25, -0.2) is 4.79 Å². The molecule has 1 aliphatic rings. The van der Waals surface area contributed by atoms with E-state index in [-0.39, 0.29) is 5.69 Å². The molecule has 0 saturated carbocycles. The van der Waals surface area contributed by atoms with Crippen LogP contribution in [0.15, 0.2) is 35.3 Å². The van der Waals surface area contributed by atoms with E-state index in [4.69, 9.17) is 11.6 Å². The van der Waals surface area contributed by atoms with Crippen LogP contribution in [0.25, 0.3) is 5.69 Å². The van der Waals surface area contributed by atoms with E-state index in [0.29, 0.717) is 11.7 Å². The molecule has 2 heterocycles. The number of aromatic nitrogens is 2. The van der Waals surface area contributed by atoms with Crippen LogP contribution in [0.4, 0.5) is 0 Å². The zero-order valence-corrected chi connectivity index (χ0v) is 14.2. The normalized spacial score (nSPS) is 16.6. The van der Waals surface area contributed by atoms with Crippen LogP contribution in [0, 0.1) is 6.92 Å². The third-order valence-corrected chi connectivity index (χ3v) is 5.18. The van der Waals surface area contributed by atoms with E-state index in [0.717, 1.165) is 30.2 Å². The maximum Gasteiger partial charge on any atom is 0.334 e. The van der Waals surface area contributed by atoms with Gasteiger partial charge in [-0.2, -0.15) is 11.8 Å². The van der Waals surface area contributed by atoms with E-state index in [1.54, 1.807) is 9.13 Å². The molecule has 4 nitrogen and oxygen atoms in total. The maximum atomic E-state index is 12.7. The molecule has 0 radical (unpaired) electrons. The summed E-state index contributed by atoms with van der Waals surface area (Å²) in [6.45, 7) is 4.73. The highest BCUT2D eigenvalue weighted by molar-refractivity contribution is 7.99. The predicted molar refractivity (Wildman–Crippen MR) is 93.3 cm³/mol. The molecule has 6 heteroatoms. The Morgan fingerprint density at radius 1 is 1.18 bits per heavy atom. The highest BCUT2D eigenvalue weighted by atomic mass is 35.5. The van der Waals surface area contributed by atoms with Crippen molar-refractivity contribution < 1.29 is 0 Å². The van der Waals surface area contributed by atoms with Gasteiger partial charge in [0.1, 0.15) is 0 Å². The standard InChI is InChI=1S/C16H20ClN3OS/c1-13-11-19(12-18-7-2-9-22-10-8-18)16(21)20(13)15-5-3-14(17)4-6-15/h3-6,11H,2,7-10,12H2,1H3. The first kappa shape index (κ1) is 15.7. The van der Waals surface area contributed by atoms with Gasteiger partial charge in [0.2, 0.25) is 0 Å². The Labute approximate surface area is 139 Å². The van der Waals surface area contributed by atoms with Crippen LogP contribution in [0.2, 0.25) is 5.02 Å². The van der Waals surface area contributed by atoms with Crippen molar-refractivity contribution in [3.8, 4) is 5.69 Å². The number of benzene rings is 1. The van der Waals surface area contributed by atoms with Gasteiger partial charge in [-0.1, -0.05) is 11.6 Å². The van der Waals surface area contributed by atoms with Crippen LogP contribution in [-0.2, 0) is 6.67 Å². The molecule has 0 spiro atoms. The largest absolute Gasteiger partial charge is 0.334 e. The van der Waals surface area contributed by atoms with E-state index in [1.165, 1.54) is 12.2 Å². The van der Waals surface area contributed by atoms with Gasteiger partial charge in [-0.3, -0.25) is 14.0 Å². The second-order valence-corrected chi connectivity index (χ2v) is 7.22. The maximum absolute atomic E-state index is 12.7. The predicted octanol–water partition coefficient (Wildman–Crippen LogP) is 3.00. The van der Waals surface area contributed by atoms with Crippen molar-refractivity contribution in [3.05, 3.63) is 51.7 Å². The molecule has 118 valence electrons. The molecule has 0 amide bonds. The van der Waals surface area contributed by atoms with Crippen molar-refractivity contribution in [3.63, 3.8) is 0 Å². The van der Waals surface area contributed by atoms with Crippen LogP contribution >= 0.6 is 23.4 Å². The minimum absolute atomic E-state index is 0.0109. The first-order valence-corrected chi connectivity index (χ1v) is 9.03. The zero-order valence-electron chi connectivity index (χ0n) is 12.7. The smallest absolute Gasteiger partial charge is 0.285 e. The Hall–Kier alpha value is -1.17. The SMILES string of the molecule is Cc1cn(CN2CCCSCC2)c(=O)n1-c1ccc(Cl)cc1. The van der Waals surface area contributed by atoms with Gasteiger partial charge < -0.3 is 0 Å². The fraction of sp³-hybridized carbons (Fsp3) is 0.438. The Balaban J connectivity index is 1.86. The lowest BCUT2D eigenvalue weighted by molar-refractivity contribution is 0.232. The van der Waals surface area contributed by atoms with Crippen LogP contribution < -0.4 is 5.69 Å². The van der Waals surface area contributed by atoms with E-state index < -0.39 is 0 Å². The zero-order chi connectivity index (χ0) is 15.5. The summed E-state index contributed by atoms with van der Waals surface area (Å²) < 4.78 is 3.54. The van der Waals surface area contributed by atoms with Gasteiger partial charge in [0.25, 0.3) is 0 Å². The van der Waals surface area contributed by atoms with E-state index in [2.05, 4.69) is 4.90 Å². The molecule has 0 bridgehead atoms.